The van der Waals surface area contributed by atoms with Crippen molar-refractivity contribution in [3.63, 3.8) is 0 Å². The monoisotopic (exact) mass is 345 g/mol. The van der Waals surface area contributed by atoms with Crippen LogP contribution in [0, 0.1) is 0 Å². The molecule has 0 aromatic heterocycles. The zero-order chi connectivity index (χ0) is 17.6. The Labute approximate surface area is 149 Å². The zero-order valence-electron chi connectivity index (χ0n) is 15.0. The Morgan fingerprint density at radius 1 is 1.17 bits per heavy atom. The van der Waals surface area contributed by atoms with Crippen molar-refractivity contribution in [1.29, 1.82) is 0 Å². The van der Waals surface area contributed by atoms with E-state index in [9.17, 15) is 4.79 Å². The van der Waals surface area contributed by atoms with Crippen molar-refractivity contribution in [2.24, 2.45) is 0 Å². The Balaban J connectivity index is 1.97. The normalized spacial score (nSPS) is 12.8. The molecule has 3 nitrogen and oxygen atoms in total. The molecule has 1 unspecified atom stereocenters. The lowest BCUT2D eigenvalue weighted by molar-refractivity contribution is -0.127. The molecule has 0 aliphatic rings. The number of ether oxygens (including phenoxy) is 1. The fraction of sp³-hybridized carbons (Fsp3) is 0.450. The number of carbonyl (C=O) groups is 1. The molecule has 4 heteroatoms. The van der Waals surface area contributed by atoms with Gasteiger partial charge < -0.3 is 10.1 Å². The molecule has 0 spiro atoms. The van der Waals surface area contributed by atoms with Gasteiger partial charge in [-0.3, -0.25) is 4.79 Å². The van der Waals surface area contributed by atoms with Crippen molar-refractivity contribution in [2.45, 2.75) is 45.0 Å². The number of carbonyl (C=O) groups excluding carboxylic acids is 1. The summed E-state index contributed by atoms with van der Waals surface area (Å²) >= 11 is 1.85. The molecule has 0 heterocycles. The van der Waals surface area contributed by atoms with E-state index in [1.807, 2.05) is 61.2 Å². The van der Waals surface area contributed by atoms with Gasteiger partial charge >= 0.3 is 0 Å². The number of amides is 1. The molecule has 2 aromatic rings. The molecule has 2 aromatic carbocycles. The molecule has 0 saturated carbocycles. The van der Waals surface area contributed by atoms with Crippen LogP contribution in [0.3, 0.4) is 0 Å². The van der Waals surface area contributed by atoms with Crippen molar-refractivity contribution >= 4 is 28.4 Å². The summed E-state index contributed by atoms with van der Waals surface area (Å²) in [4.78, 5) is 12.4. The molecule has 130 valence electrons. The summed E-state index contributed by atoms with van der Waals surface area (Å²) in [5.74, 6) is 1.62. The molecule has 0 fully saturated rings. The Morgan fingerprint density at radius 2 is 1.88 bits per heavy atom. The fourth-order valence-electron chi connectivity index (χ4n) is 2.42. The summed E-state index contributed by atoms with van der Waals surface area (Å²) in [5.41, 5.74) is 0. The van der Waals surface area contributed by atoms with E-state index in [0.29, 0.717) is 13.0 Å². The topological polar surface area (TPSA) is 38.3 Å². The summed E-state index contributed by atoms with van der Waals surface area (Å²) in [6.45, 7) is 9.17. The van der Waals surface area contributed by atoms with E-state index >= 15 is 0 Å². The van der Waals surface area contributed by atoms with E-state index in [-0.39, 0.29) is 10.7 Å². The molecule has 0 saturated heterocycles. The summed E-state index contributed by atoms with van der Waals surface area (Å²) < 4.78 is 6.23. The highest BCUT2D eigenvalue weighted by atomic mass is 32.2. The third kappa shape index (κ3) is 5.45. The van der Waals surface area contributed by atoms with Gasteiger partial charge in [-0.05, 0) is 17.9 Å². The number of nitrogens with one attached hydrogen (secondary N) is 1. The maximum atomic E-state index is 12.4. The smallest absolute Gasteiger partial charge is 0.261 e. The van der Waals surface area contributed by atoms with Gasteiger partial charge in [0.15, 0.2) is 6.10 Å². The van der Waals surface area contributed by atoms with Crippen molar-refractivity contribution in [3.05, 3.63) is 42.5 Å². The summed E-state index contributed by atoms with van der Waals surface area (Å²) in [6.07, 6.45) is 0.178. The minimum atomic E-state index is -0.463. The molecule has 24 heavy (non-hydrogen) atoms. The number of benzene rings is 2. The lowest BCUT2D eigenvalue weighted by atomic mass is 10.1. The average Bonchev–Trinajstić information content (AvgIpc) is 2.55. The number of fused-ring (bicyclic) bond motifs is 1. The highest BCUT2D eigenvalue weighted by molar-refractivity contribution is 8.00. The molecule has 0 bridgehead atoms. The van der Waals surface area contributed by atoms with E-state index in [2.05, 4.69) is 26.1 Å². The lowest BCUT2D eigenvalue weighted by Crippen LogP contribution is -2.39. The molecule has 1 N–H and O–H groups in total. The van der Waals surface area contributed by atoms with Crippen molar-refractivity contribution < 1.29 is 9.53 Å². The highest BCUT2D eigenvalue weighted by Gasteiger charge is 2.19. The van der Waals surface area contributed by atoms with Crippen LogP contribution in [0.25, 0.3) is 10.8 Å². The van der Waals surface area contributed by atoms with Crippen molar-refractivity contribution in [1.82, 2.24) is 5.32 Å². The first kappa shape index (κ1) is 18.7. The highest BCUT2D eigenvalue weighted by Crippen LogP contribution is 2.26. The fourth-order valence-corrected chi connectivity index (χ4v) is 3.24. The van der Waals surface area contributed by atoms with Crippen molar-refractivity contribution in [2.75, 3.05) is 12.3 Å². The first-order chi connectivity index (χ1) is 11.4. The first-order valence-electron chi connectivity index (χ1n) is 8.47. The zero-order valence-corrected chi connectivity index (χ0v) is 15.8. The van der Waals surface area contributed by atoms with Gasteiger partial charge in [-0.2, -0.15) is 11.8 Å². The van der Waals surface area contributed by atoms with E-state index < -0.39 is 6.10 Å². The van der Waals surface area contributed by atoms with Gasteiger partial charge in [-0.1, -0.05) is 64.1 Å². The predicted molar refractivity (Wildman–Crippen MR) is 104 cm³/mol. The van der Waals surface area contributed by atoms with Crippen LogP contribution in [0.1, 0.15) is 34.1 Å². The number of rotatable bonds is 7. The van der Waals surface area contributed by atoms with Crippen LogP contribution in [0.2, 0.25) is 0 Å². The van der Waals surface area contributed by atoms with E-state index in [1.54, 1.807) is 0 Å². The second kappa shape index (κ2) is 8.43. The van der Waals surface area contributed by atoms with Crippen LogP contribution >= 0.6 is 11.8 Å². The molecular formula is C20H27NO2S. The number of hydrogen-bond acceptors (Lipinski definition) is 3. The quantitative estimate of drug-likeness (QED) is 0.743. The van der Waals surface area contributed by atoms with Crippen LogP contribution in [0.4, 0.5) is 0 Å². The van der Waals surface area contributed by atoms with Crippen LogP contribution in [-0.4, -0.2) is 29.1 Å². The van der Waals surface area contributed by atoms with Crippen LogP contribution in [-0.2, 0) is 4.79 Å². The maximum absolute atomic E-state index is 12.4. The standard InChI is InChI=1S/C20H27NO2S/c1-5-17(19(22)21-13-14-24-20(2,3)4)23-18-12-8-10-15-9-6-7-11-16(15)18/h6-12,17H,5,13-14H2,1-4H3,(H,21,22). The third-order valence-electron chi connectivity index (χ3n) is 3.62. The first-order valence-corrected chi connectivity index (χ1v) is 9.45. The average molecular weight is 346 g/mol. The Kier molecular flexibility index (Phi) is 6.55. The van der Waals surface area contributed by atoms with Gasteiger partial charge in [-0.15, -0.1) is 0 Å². The molecule has 0 aliphatic carbocycles. The van der Waals surface area contributed by atoms with Crippen molar-refractivity contribution in [3.8, 4) is 5.75 Å². The summed E-state index contributed by atoms with van der Waals surface area (Å²) in [5, 5.41) is 5.14. The number of thioether (sulfide) groups is 1. The van der Waals surface area contributed by atoms with Gasteiger partial charge in [0.1, 0.15) is 5.75 Å². The number of hydrogen-bond donors (Lipinski definition) is 1. The molecular weight excluding hydrogens is 318 g/mol. The van der Waals surface area contributed by atoms with E-state index in [1.165, 1.54) is 0 Å². The Bertz CT molecular complexity index is 673. The second-order valence-electron chi connectivity index (χ2n) is 6.74. The molecule has 0 radical (unpaired) electrons. The van der Waals surface area contributed by atoms with Crippen LogP contribution in [0.15, 0.2) is 42.5 Å². The Hall–Kier alpha value is -1.68. The Morgan fingerprint density at radius 3 is 2.58 bits per heavy atom. The molecule has 1 amide bonds. The van der Waals surface area contributed by atoms with Gasteiger partial charge in [-0.25, -0.2) is 0 Å². The predicted octanol–water partition coefficient (Wildman–Crippen LogP) is 4.65. The second-order valence-corrected chi connectivity index (χ2v) is 8.67. The van der Waals surface area contributed by atoms with Crippen LogP contribution in [0.5, 0.6) is 5.75 Å². The van der Waals surface area contributed by atoms with E-state index in [4.69, 9.17) is 4.74 Å². The minimum Gasteiger partial charge on any atom is -0.480 e. The van der Waals surface area contributed by atoms with Crippen LogP contribution < -0.4 is 10.1 Å². The van der Waals surface area contributed by atoms with Gasteiger partial charge in [0.25, 0.3) is 5.91 Å². The lowest BCUT2D eigenvalue weighted by Gasteiger charge is -2.20. The molecule has 1 atom stereocenters. The largest absolute Gasteiger partial charge is 0.480 e. The minimum absolute atomic E-state index is 0.0417. The molecule has 2 rings (SSSR count). The third-order valence-corrected chi connectivity index (χ3v) is 4.89. The maximum Gasteiger partial charge on any atom is 0.261 e. The van der Waals surface area contributed by atoms with E-state index in [0.717, 1.165) is 22.3 Å². The van der Waals surface area contributed by atoms with Gasteiger partial charge in [0, 0.05) is 22.4 Å². The SMILES string of the molecule is CCC(Oc1cccc2ccccc12)C(=O)NCCSC(C)(C)C. The summed E-state index contributed by atoms with van der Waals surface area (Å²) in [6, 6.07) is 14.0. The van der Waals surface area contributed by atoms with Gasteiger partial charge in [0.05, 0.1) is 0 Å². The molecule has 0 aliphatic heterocycles. The summed E-state index contributed by atoms with van der Waals surface area (Å²) in [7, 11) is 0. The van der Waals surface area contributed by atoms with Gasteiger partial charge in [0.2, 0.25) is 0 Å².